The highest BCUT2D eigenvalue weighted by Crippen LogP contribution is 2.43. The van der Waals surface area contributed by atoms with E-state index >= 15 is 0 Å². The molecule has 1 N–H and O–H groups in total. The van der Waals surface area contributed by atoms with Gasteiger partial charge in [-0.25, -0.2) is 0 Å². The van der Waals surface area contributed by atoms with Crippen molar-refractivity contribution in [3.05, 3.63) is 76.7 Å². The van der Waals surface area contributed by atoms with Gasteiger partial charge in [0.2, 0.25) is 11.7 Å². The van der Waals surface area contributed by atoms with Crippen LogP contribution in [0.5, 0.6) is 0 Å². The predicted octanol–water partition coefficient (Wildman–Crippen LogP) is 6.07. The van der Waals surface area contributed by atoms with Gasteiger partial charge >= 0.3 is 6.18 Å². The van der Waals surface area contributed by atoms with E-state index in [-0.39, 0.29) is 18.1 Å². The Morgan fingerprint density at radius 2 is 1.86 bits per heavy atom. The lowest BCUT2D eigenvalue weighted by Gasteiger charge is -2.21. The first-order valence-electron chi connectivity index (χ1n) is 8.55. The van der Waals surface area contributed by atoms with E-state index in [2.05, 4.69) is 5.32 Å². The van der Waals surface area contributed by atoms with E-state index in [0.29, 0.717) is 16.3 Å². The molecule has 3 aromatic rings. The van der Waals surface area contributed by atoms with Gasteiger partial charge in [-0.3, -0.25) is 4.79 Å². The molecule has 3 nitrogen and oxygen atoms in total. The Kier molecular flexibility index (Phi) is 4.27. The number of carbonyl (C=O) groups is 1. The second-order valence-electron chi connectivity index (χ2n) is 6.97. The molecule has 144 valence electrons. The summed E-state index contributed by atoms with van der Waals surface area (Å²) in [5.74, 6) is -1.25. The Morgan fingerprint density at radius 3 is 2.54 bits per heavy atom. The minimum absolute atomic E-state index is 0.0212. The van der Waals surface area contributed by atoms with E-state index in [9.17, 15) is 18.0 Å². The standard InChI is InChI=1S/C21H15ClF3NO2/c1-20(11-13-7-9-18(28-13)21(23,24)25)15-8-6-12(10-17(15)26-19(20)27)14-4-2-3-5-16(14)22/h2-10H,11H2,1H3,(H,26,27). The molecule has 0 saturated heterocycles. The summed E-state index contributed by atoms with van der Waals surface area (Å²) in [6.45, 7) is 1.69. The van der Waals surface area contributed by atoms with Crippen LogP contribution in [0, 0.1) is 0 Å². The minimum atomic E-state index is -4.56. The van der Waals surface area contributed by atoms with Gasteiger partial charge in [0, 0.05) is 22.7 Å². The minimum Gasteiger partial charge on any atom is -0.456 e. The molecule has 0 saturated carbocycles. The molecule has 1 unspecified atom stereocenters. The van der Waals surface area contributed by atoms with Crippen LogP contribution in [0.25, 0.3) is 11.1 Å². The van der Waals surface area contributed by atoms with Crippen molar-refractivity contribution >= 4 is 23.2 Å². The zero-order valence-electron chi connectivity index (χ0n) is 14.7. The first-order valence-corrected chi connectivity index (χ1v) is 8.93. The molecule has 28 heavy (non-hydrogen) atoms. The Hall–Kier alpha value is -2.73. The van der Waals surface area contributed by atoms with Crippen LogP contribution in [0.4, 0.5) is 18.9 Å². The van der Waals surface area contributed by atoms with Crippen LogP contribution in [0.15, 0.2) is 59.0 Å². The van der Waals surface area contributed by atoms with Crippen LogP contribution in [-0.4, -0.2) is 5.91 Å². The molecular weight excluding hydrogens is 391 g/mol. The van der Waals surface area contributed by atoms with Crippen molar-refractivity contribution in [2.45, 2.75) is 24.9 Å². The van der Waals surface area contributed by atoms with Crippen molar-refractivity contribution in [2.24, 2.45) is 0 Å². The Bertz CT molecular complexity index is 1070. The van der Waals surface area contributed by atoms with Crippen molar-refractivity contribution in [1.82, 2.24) is 0 Å². The van der Waals surface area contributed by atoms with Crippen LogP contribution in [0.3, 0.4) is 0 Å². The monoisotopic (exact) mass is 405 g/mol. The second-order valence-corrected chi connectivity index (χ2v) is 7.37. The molecule has 0 bridgehead atoms. The number of benzene rings is 2. The van der Waals surface area contributed by atoms with Crippen LogP contribution in [0.2, 0.25) is 5.02 Å². The molecule has 1 atom stereocenters. The molecule has 4 rings (SSSR count). The lowest BCUT2D eigenvalue weighted by atomic mass is 9.79. The van der Waals surface area contributed by atoms with E-state index in [1.807, 2.05) is 30.3 Å². The molecule has 0 radical (unpaired) electrons. The lowest BCUT2D eigenvalue weighted by Crippen LogP contribution is -2.33. The van der Waals surface area contributed by atoms with E-state index in [1.165, 1.54) is 6.07 Å². The number of hydrogen-bond donors (Lipinski definition) is 1. The number of anilines is 1. The fourth-order valence-electron chi connectivity index (χ4n) is 3.52. The van der Waals surface area contributed by atoms with Gasteiger partial charge in [-0.15, -0.1) is 0 Å². The fourth-order valence-corrected chi connectivity index (χ4v) is 3.77. The van der Waals surface area contributed by atoms with E-state index in [4.69, 9.17) is 16.0 Å². The highest BCUT2D eigenvalue weighted by Gasteiger charge is 2.44. The summed E-state index contributed by atoms with van der Waals surface area (Å²) in [5, 5.41) is 3.42. The molecule has 7 heteroatoms. The largest absolute Gasteiger partial charge is 0.456 e. The Labute approximate surface area is 164 Å². The number of nitrogens with one attached hydrogen (secondary N) is 1. The third-order valence-electron chi connectivity index (χ3n) is 5.02. The zero-order chi connectivity index (χ0) is 20.1. The zero-order valence-corrected chi connectivity index (χ0v) is 15.5. The number of alkyl halides is 3. The number of amides is 1. The van der Waals surface area contributed by atoms with Gasteiger partial charge in [-0.2, -0.15) is 13.2 Å². The van der Waals surface area contributed by atoms with E-state index < -0.39 is 17.4 Å². The number of halogens is 4. The molecule has 1 aliphatic heterocycles. The molecule has 0 fully saturated rings. The smallest absolute Gasteiger partial charge is 0.449 e. The number of fused-ring (bicyclic) bond motifs is 1. The van der Waals surface area contributed by atoms with Crippen molar-refractivity contribution in [1.29, 1.82) is 0 Å². The predicted molar refractivity (Wildman–Crippen MR) is 100 cm³/mol. The normalized spacial score (nSPS) is 18.8. The summed E-state index contributed by atoms with van der Waals surface area (Å²) < 4.78 is 43.3. The average Bonchev–Trinajstić information content (AvgIpc) is 3.19. The van der Waals surface area contributed by atoms with Crippen LogP contribution in [0.1, 0.15) is 24.0 Å². The van der Waals surface area contributed by atoms with Crippen molar-refractivity contribution in [2.75, 3.05) is 5.32 Å². The number of rotatable bonds is 3. The topological polar surface area (TPSA) is 42.2 Å². The fraction of sp³-hybridized carbons (Fsp3) is 0.190. The first-order chi connectivity index (χ1) is 13.2. The molecule has 0 aliphatic carbocycles. The molecule has 1 amide bonds. The van der Waals surface area contributed by atoms with Gasteiger partial charge in [0.25, 0.3) is 0 Å². The molecule has 1 aromatic heterocycles. The summed E-state index contributed by atoms with van der Waals surface area (Å²) in [6, 6.07) is 15.0. The Balaban J connectivity index is 1.69. The molecule has 0 spiro atoms. The summed E-state index contributed by atoms with van der Waals surface area (Å²) in [6.07, 6.45) is -4.54. The van der Waals surface area contributed by atoms with Gasteiger partial charge < -0.3 is 9.73 Å². The summed E-state index contributed by atoms with van der Waals surface area (Å²) in [4.78, 5) is 12.7. The maximum Gasteiger partial charge on any atom is 0.449 e. The summed E-state index contributed by atoms with van der Waals surface area (Å²) in [7, 11) is 0. The lowest BCUT2D eigenvalue weighted by molar-refractivity contribution is -0.153. The Morgan fingerprint density at radius 1 is 1.11 bits per heavy atom. The number of furan rings is 1. The van der Waals surface area contributed by atoms with Crippen molar-refractivity contribution < 1.29 is 22.4 Å². The average molecular weight is 406 g/mol. The molecule has 2 aromatic carbocycles. The molecule has 1 aliphatic rings. The van der Waals surface area contributed by atoms with Gasteiger partial charge in [0.15, 0.2) is 0 Å². The molecule has 2 heterocycles. The van der Waals surface area contributed by atoms with E-state index in [1.54, 1.807) is 19.1 Å². The maximum atomic E-state index is 12.8. The summed E-state index contributed by atoms with van der Waals surface area (Å²) in [5.41, 5.74) is 1.96. The first kappa shape index (κ1) is 18.6. The van der Waals surface area contributed by atoms with Crippen LogP contribution in [-0.2, 0) is 22.8 Å². The third kappa shape index (κ3) is 3.07. The molecular formula is C21H15ClF3NO2. The quantitative estimate of drug-likeness (QED) is 0.574. The van der Waals surface area contributed by atoms with Gasteiger partial charge in [0.1, 0.15) is 5.76 Å². The number of carbonyl (C=O) groups excluding carboxylic acids is 1. The van der Waals surface area contributed by atoms with Gasteiger partial charge in [-0.1, -0.05) is 41.9 Å². The van der Waals surface area contributed by atoms with Gasteiger partial charge in [0.05, 0.1) is 5.41 Å². The highest BCUT2D eigenvalue weighted by molar-refractivity contribution is 6.33. The van der Waals surface area contributed by atoms with Gasteiger partial charge in [-0.05, 0) is 42.3 Å². The van der Waals surface area contributed by atoms with Crippen LogP contribution < -0.4 is 5.32 Å². The SMILES string of the molecule is CC1(Cc2ccc(C(F)(F)F)o2)C(=O)Nc2cc(-c3ccccc3Cl)ccc21. The maximum absolute atomic E-state index is 12.8. The summed E-state index contributed by atoms with van der Waals surface area (Å²) >= 11 is 6.25. The van der Waals surface area contributed by atoms with E-state index in [0.717, 1.165) is 17.2 Å². The van der Waals surface area contributed by atoms with Crippen molar-refractivity contribution in [3.63, 3.8) is 0 Å². The highest BCUT2D eigenvalue weighted by atomic mass is 35.5. The van der Waals surface area contributed by atoms with Crippen LogP contribution >= 0.6 is 11.6 Å². The van der Waals surface area contributed by atoms with Crippen molar-refractivity contribution in [3.8, 4) is 11.1 Å². The number of hydrogen-bond acceptors (Lipinski definition) is 2. The second kappa shape index (κ2) is 6.41. The third-order valence-corrected chi connectivity index (χ3v) is 5.35.